The molecule has 2 nitrogen and oxygen atoms in total. The van der Waals surface area contributed by atoms with Crippen LogP contribution in [0.5, 0.6) is 0 Å². The Kier molecular flexibility index (Phi) is 3.33. The second-order valence-electron chi connectivity index (χ2n) is 6.62. The minimum Gasteiger partial charge on any atom is -0.306 e. The molecule has 0 amide bonds. The number of hydrogen-bond acceptors (Lipinski definition) is 2. The average molecular weight is 245 g/mol. The summed E-state index contributed by atoms with van der Waals surface area (Å²) in [5.41, 5.74) is 1.01. The molecule has 1 aromatic carbocycles. The maximum absolute atomic E-state index is 12.4. The highest BCUT2D eigenvalue weighted by Crippen LogP contribution is 2.33. The molecular formula is C16H23NO. The van der Waals surface area contributed by atoms with Gasteiger partial charge in [-0.3, -0.25) is 4.79 Å². The Morgan fingerprint density at radius 2 is 1.78 bits per heavy atom. The Balaban J connectivity index is 2.20. The fraction of sp³-hybridized carbons (Fsp3) is 0.562. The summed E-state index contributed by atoms with van der Waals surface area (Å²) < 4.78 is 0. The van der Waals surface area contributed by atoms with E-state index < -0.39 is 0 Å². The predicted molar refractivity (Wildman–Crippen MR) is 74.6 cm³/mol. The van der Waals surface area contributed by atoms with E-state index in [1.165, 1.54) is 5.56 Å². The van der Waals surface area contributed by atoms with Gasteiger partial charge in [0.1, 0.15) is 5.78 Å². The third-order valence-electron chi connectivity index (χ3n) is 3.82. The summed E-state index contributed by atoms with van der Waals surface area (Å²) in [7, 11) is 0. The van der Waals surface area contributed by atoms with Gasteiger partial charge in [0.05, 0.1) is 0 Å². The lowest BCUT2D eigenvalue weighted by atomic mass is 9.71. The van der Waals surface area contributed by atoms with Crippen molar-refractivity contribution < 1.29 is 4.79 Å². The van der Waals surface area contributed by atoms with Gasteiger partial charge in [0.2, 0.25) is 0 Å². The van der Waals surface area contributed by atoms with Gasteiger partial charge in [-0.05, 0) is 39.7 Å². The topological polar surface area (TPSA) is 29.1 Å². The summed E-state index contributed by atoms with van der Waals surface area (Å²) in [6, 6.07) is 10.3. The largest absolute Gasteiger partial charge is 0.306 e. The van der Waals surface area contributed by atoms with Crippen LogP contribution in [0.4, 0.5) is 0 Å². The lowest BCUT2D eigenvalue weighted by molar-refractivity contribution is -0.130. The molecule has 1 aliphatic heterocycles. The van der Waals surface area contributed by atoms with Crippen LogP contribution in [0.3, 0.4) is 0 Å². The molecule has 1 aliphatic rings. The van der Waals surface area contributed by atoms with Crippen LogP contribution in [0.2, 0.25) is 0 Å². The monoisotopic (exact) mass is 245 g/mol. The van der Waals surface area contributed by atoms with E-state index in [0.29, 0.717) is 12.2 Å². The Morgan fingerprint density at radius 1 is 1.17 bits per heavy atom. The van der Waals surface area contributed by atoms with Crippen molar-refractivity contribution in [1.82, 2.24) is 5.32 Å². The van der Waals surface area contributed by atoms with Crippen LogP contribution in [-0.4, -0.2) is 16.9 Å². The zero-order valence-corrected chi connectivity index (χ0v) is 11.8. The molecule has 0 bridgehead atoms. The van der Waals surface area contributed by atoms with E-state index in [1.807, 2.05) is 18.2 Å². The van der Waals surface area contributed by atoms with Gasteiger partial charge in [0.15, 0.2) is 0 Å². The van der Waals surface area contributed by atoms with E-state index in [-0.39, 0.29) is 17.0 Å². The Labute approximate surface area is 110 Å². The molecule has 0 saturated carbocycles. The summed E-state index contributed by atoms with van der Waals surface area (Å²) in [5.74, 6) is 0.445. The molecule has 0 aromatic heterocycles. The number of hydrogen-bond donors (Lipinski definition) is 1. The minimum atomic E-state index is -0.144. The Hall–Kier alpha value is -1.15. The molecule has 1 unspecified atom stereocenters. The normalized spacial score (nSPS) is 26.0. The molecule has 98 valence electrons. The van der Waals surface area contributed by atoms with Gasteiger partial charge in [0.25, 0.3) is 0 Å². The first-order valence-electron chi connectivity index (χ1n) is 6.66. The number of nitrogens with one attached hydrogen (secondary N) is 1. The molecule has 1 heterocycles. The molecule has 1 N–H and O–H groups in total. The second-order valence-corrected chi connectivity index (χ2v) is 6.62. The van der Waals surface area contributed by atoms with Crippen LogP contribution in [-0.2, 0) is 11.2 Å². The lowest BCUT2D eigenvalue weighted by Crippen LogP contribution is -2.63. The van der Waals surface area contributed by atoms with Crippen molar-refractivity contribution in [2.75, 3.05) is 0 Å². The number of carbonyl (C=O) groups is 1. The Morgan fingerprint density at radius 3 is 2.33 bits per heavy atom. The van der Waals surface area contributed by atoms with E-state index in [1.54, 1.807) is 0 Å². The summed E-state index contributed by atoms with van der Waals surface area (Å²) in [4.78, 5) is 12.4. The first-order chi connectivity index (χ1) is 8.30. The quantitative estimate of drug-likeness (QED) is 0.868. The van der Waals surface area contributed by atoms with Crippen molar-refractivity contribution in [3.8, 4) is 0 Å². The van der Waals surface area contributed by atoms with E-state index in [4.69, 9.17) is 0 Å². The number of Topliss-reactive ketones (excluding diaryl/α,β-unsaturated/α-hetero) is 1. The van der Waals surface area contributed by atoms with E-state index in [2.05, 4.69) is 45.1 Å². The molecule has 2 heteroatoms. The minimum absolute atomic E-state index is 0.0629. The van der Waals surface area contributed by atoms with Crippen molar-refractivity contribution >= 4 is 5.78 Å². The molecule has 0 aliphatic carbocycles. The van der Waals surface area contributed by atoms with E-state index in [9.17, 15) is 4.79 Å². The number of benzene rings is 1. The molecule has 2 rings (SSSR count). The maximum Gasteiger partial charge on any atom is 0.139 e. The second kappa shape index (κ2) is 4.51. The van der Waals surface area contributed by atoms with Gasteiger partial charge in [-0.1, -0.05) is 30.3 Å². The molecule has 0 radical (unpaired) electrons. The van der Waals surface area contributed by atoms with Crippen LogP contribution in [0.25, 0.3) is 0 Å². The van der Waals surface area contributed by atoms with Crippen LogP contribution in [0.15, 0.2) is 30.3 Å². The first kappa shape index (κ1) is 13.3. The van der Waals surface area contributed by atoms with Crippen LogP contribution < -0.4 is 5.32 Å². The molecule has 0 spiro atoms. The summed E-state index contributed by atoms with van der Waals surface area (Å²) >= 11 is 0. The molecule has 18 heavy (non-hydrogen) atoms. The first-order valence-corrected chi connectivity index (χ1v) is 6.66. The van der Waals surface area contributed by atoms with E-state index >= 15 is 0 Å². The number of piperidine rings is 1. The smallest absolute Gasteiger partial charge is 0.139 e. The third kappa shape index (κ3) is 2.81. The molecular weight excluding hydrogens is 222 g/mol. The summed E-state index contributed by atoms with van der Waals surface area (Å²) in [5, 5.41) is 3.61. The SMILES string of the molecule is CC1(C)CC(=O)C(Cc2ccccc2)C(C)(C)N1. The summed E-state index contributed by atoms with van der Waals surface area (Å²) in [6.07, 6.45) is 1.45. The van der Waals surface area contributed by atoms with Crippen molar-refractivity contribution in [3.05, 3.63) is 35.9 Å². The molecule has 1 fully saturated rings. The summed E-state index contributed by atoms with van der Waals surface area (Å²) in [6.45, 7) is 8.48. The van der Waals surface area contributed by atoms with Gasteiger partial charge >= 0.3 is 0 Å². The number of ketones is 1. The van der Waals surface area contributed by atoms with Crippen molar-refractivity contribution in [2.24, 2.45) is 5.92 Å². The molecule has 1 saturated heterocycles. The fourth-order valence-electron chi connectivity index (χ4n) is 3.18. The molecule has 1 atom stereocenters. The highest BCUT2D eigenvalue weighted by molar-refractivity contribution is 5.84. The van der Waals surface area contributed by atoms with Gasteiger partial charge in [-0.25, -0.2) is 0 Å². The van der Waals surface area contributed by atoms with Crippen molar-refractivity contribution in [2.45, 2.75) is 51.6 Å². The zero-order valence-electron chi connectivity index (χ0n) is 11.8. The predicted octanol–water partition coefficient (Wildman–Crippen LogP) is 2.96. The Bertz CT molecular complexity index is 434. The van der Waals surface area contributed by atoms with Crippen LogP contribution in [0.1, 0.15) is 39.7 Å². The van der Waals surface area contributed by atoms with E-state index in [0.717, 1.165) is 6.42 Å². The van der Waals surface area contributed by atoms with Gasteiger partial charge in [-0.2, -0.15) is 0 Å². The van der Waals surface area contributed by atoms with Crippen LogP contribution >= 0.6 is 0 Å². The molecule has 1 aromatic rings. The van der Waals surface area contributed by atoms with Gasteiger partial charge < -0.3 is 5.32 Å². The standard InChI is InChI=1S/C16H23NO/c1-15(2)11-14(18)13(16(3,4)17-15)10-12-8-6-5-7-9-12/h5-9,13,17H,10-11H2,1-4H3. The van der Waals surface area contributed by atoms with Crippen LogP contribution in [0, 0.1) is 5.92 Å². The van der Waals surface area contributed by atoms with Gasteiger partial charge in [-0.15, -0.1) is 0 Å². The number of carbonyl (C=O) groups excluding carboxylic acids is 1. The maximum atomic E-state index is 12.4. The number of rotatable bonds is 2. The third-order valence-corrected chi connectivity index (χ3v) is 3.82. The highest BCUT2D eigenvalue weighted by atomic mass is 16.1. The van der Waals surface area contributed by atoms with Crippen molar-refractivity contribution in [1.29, 1.82) is 0 Å². The fourth-order valence-corrected chi connectivity index (χ4v) is 3.18. The van der Waals surface area contributed by atoms with Crippen molar-refractivity contribution in [3.63, 3.8) is 0 Å². The van der Waals surface area contributed by atoms with Gasteiger partial charge in [0, 0.05) is 23.4 Å². The highest BCUT2D eigenvalue weighted by Gasteiger charge is 2.44. The average Bonchev–Trinajstić information content (AvgIpc) is 2.23. The zero-order chi connectivity index (χ0) is 13.4. The lowest BCUT2D eigenvalue weighted by Gasteiger charge is -2.47.